The lowest BCUT2D eigenvalue weighted by atomic mass is 10.0. The third-order valence-corrected chi connectivity index (χ3v) is 6.97. The minimum Gasteiger partial charge on any atom is -0.472 e. The SMILES string of the molecule is c1cc2[nH]c(-c3n[nH]c4ccc(-c5cncc(CN6CCCCC6)c5)cc34)nc2c(-c2ccoc2)n1. The van der Waals surface area contributed by atoms with E-state index >= 15 is 0 Å². The smallest absolute Gasteiger partial charge is 0.159 e. The average Bonchev–Trinajstić information content (AvgIpc) is 3.68. The number of furan rings is 1. The van der Waals surface area contributed by atoms with Gasteiger partial charge in [-0.1, -0.05) is 12.5 Å². The van der Waals surface area contributed by atoms with Gasteiger partial charge in [-0.25, -0.2) is 4.98 Å². The molecule has 0 atom stereocenters. The molecular formula is C28H25N7O. The second kappa shape index (κ2) is 8.73. The number of imidazole rings is 1. The topological polar surface area (TPSA) is 99.5 Å². The molecule has 5 aromatic heterocycles. The Bertz CT molecular complexity index is 1660. The van der Waals surface area contributed by atoms with Gasteiger partial charge in [-0.05, 0) is 67.4 Å². The van der Waals surface area contributed by atoms with Crippen molar-refractivity contribution in [1.82, 2.24) is 35.0 Å². The Morgan fingerprint density at radius 1 is 0.889 bits per heavy atom. The van der Waals surface area contributed by atoms with Crippen LogP contribution in [0.15, 0.2) is 71.9 Å². The number of aromatic nitrogens is 6. The maximum Gasteiger partial charge on any atom is 0.159 e. The molecule has 0 bridgehead atoms. The summed E-state index contributed by atoms with van der Waals surface area (Å²) in [6, 6.07) is 12.4. The van der Waals surface area contributed by atoms with E-state index in [4.69, 9.17) is 9.40 Å². The number of hydrogen-bond donors (Lipinski definition) is 2. The molecular weight excluding hydrogens is 450 g/mol. The van der Waals surface area contributed by atoms with Crippen LogP contribution in [0.5, 0.6) is 0 Å². The van der Waals surface area contributed by atoms with E-state index in [1.165, 1.54) is 37.9 Å². The first-order valence-electron chi connectivity index (χ1n) is 12.3. The number of pyridine rings is 2. The number of piperidine rings is 1. The van der Waals surface area contributed by atoms with Crippen LogP contribution in [0.4, 0.5) is 0 Å². The zero-order chi connectivity index (χ0) is 23.9. The number of fused-ring (bicyclic) bond motifs is 2. The highest BCUT2D eigenvalue weighted by Gasteiger charge is 2.17. The monoisotopic (exact) mass is 475 g/mol. The van der Waals surface area contributed by atoms with Crippen LogP contribution in [0.25, 0.3) is 55.8 Å². The summed E-state index contributed by atoms with van der Waals surface area (Å²) in [6.45, 7) is 3.29. The first kappa shape index (κ1) is 21.0. The van der Waals surface area contributed by atoms with E-state index in [0.717, 1.165) is 56.6 Å². The molecule has 8 nitrogen and oxygen atoms in total. The molecule has 6 heterocycles. The van der Waals surface area contributed by atoms with Gasteiger partial charge in [-0.15, -0.1) is 0 Å². The van der Waals surface area contributed by atoms with Crippen molar-refractivity contribution in [3.8, 4) is 33.9 Å². The Morgan fingerprint density at radius 3 is 2.72 bits per heavy atom. The molecule has 178 valence electrons. The molecule has 2 N–H and O–H groups in total. The summed E-state index contributed by atoms with van der Waals surface area (Å²) in [5.74, 6) is 0.697. The number of hydrogen-bond acceptors (Lipinski definition) is 6. The largest absolute Gasteiger partial charge is 0.472 e. The molecule has 7 rings (SSSR count). The number of nitrogens with one attached hydrogen (secondary N) is 2. The minimum absolute atomic E-state index is 0.697. The predicted octanol–water partition coefficient (Wildman–Crippen LogP) is 5.81. The van der Waals surface area contributed by atoms with Gasteiger partial charge >= 0.3 is 0 Å². The van der Waals surface area contributed by atoms with Crippen LogP contribution in [0.1, 0.15) is 24.8 Å². The van der Waals surface area contributed by atoms with Gasteiger partial charge in [0.05, 0.1) is 23.6 Å². The molecule has 1 aliphatic heterocycles. The predicted molar refractivity (Wildman–Crippen MR) is 139 cm³/mol. The van der Waals surface area contributed by atoms with Crippen molar-refractivity contribution in [3.05, 3.63) is 73.1 Å². The Morgan fingerprint density at radius 2 is 1.83 bits per heavy atom. The van der Waals surface area contributed by atoms with Crippen molar-refractivity contribution in [1.29, 1.82) is 0 Å². The Kier molecular flexibility index (Phi) is 5.10. The van der Waals surface area contributed by atoms with Gasteiger partial charge in [0, 0.05) is 41.6 Å². The average molecular weight is 476 g/mol. The van der Waals surface area contributed by atoms with Gasteiger partial charge in [0.1, 0.15) is 16.9 Å². The van der Waals surface area contributed by atoms with E-state index < -0.39 is 0 Å². The van der Waals surface area contributed by atoms with Gasteiger partial charge in [0.25, 0.3) is 0 Å². The summed E-state index contributed by atoms with van der Waals surface area (Å²) in [5, 5.41) is 8.76. The molecule has 0 radical (unpaired) electrons. The molecule has 8 heteroatoms. The summed E-state index contributed by atoms with van der Waals surface area (Å²) in [6.07, 6.45) is 12.9. The first-order valence-corrected chi connectivity index (χ1v) is 12.3. The van der Waals surface area contributed by atoms with Crippen LogP contribution in [-0.4, -0.2) is 48.1 Å². The van der Waals surface area contributed by atoms with Crippen molar-refractivity contribution < 1.29 is 4.42 Å². The molecule has 0 aliphatic carbocycles. The molecule has 6 aromatic rings. The molecule has 0 unspecified atom stereocenters. The second-order valence-corrected chi connectivity index (χ2v) is 9.40. The van der Waals surface area contributed by atoms with Crippen LogP contribution in [0, 0.1) is 0 Å². The lowest BCUT2D eigenvalue weighted by Crippen LogP contribution is -2.29. The van der Waals surface area contributed by atoms with Gasteiger partial charge in [-0.3, -0.25) is 20.0 Å². The summed E-state index contributed by atoms with van der Waals surface area (Å²) >= 11 is 0. The highest BCUT2D eigenvalue weighted by Crippen LogP contribution is 2.32. The lowest BCUT2D eigenvalue weighted by Gasteiger charge is -2.26. The molecule has 1 fully saturated rings. The lowest BCUT2D eigenvalue weighted by molar-refractivity contribution is 0.220. The van der Waals surface area contributed by atoms with Crippen molar-refractivity contribution in [3.63, 3.8) is 0 Å². The molecule has 0 amide bonds. The van der Waals surface area contributed by atoms with Crippen LogP contribution in [-0.2, 0) is 6.54 Å². The van der Waals surface area contributed by atoms with Crippen molar-refractivity contribution in [2.75, 3.05) is 13.1 Å². The summed E-state index contributed by atoms with van der Waals surface area (Å²) in [5.41, 5.74) is 8.56. The fourth-order valence-corrected chi connectivity index (χ4v) is 5.14. The van der Waals surface area contributed by atoms with Crippen LogP contribution in [0.3, 0.4) is 0 Å². The number of nitrogens with zero attached hydrogens (tertiary/aromatic N) is 5. The molecule has 0 saturated carbocycles. The first-order chi connectivity index (χ1) is 17.8. The van der Waals surface area contributed by atoms with E-state index in [1.54, 1.807) is 18.7 Å². The zero-order valence-corrected chi connectivity index (χ0v) is 19.7. The fourth-order valence-electron chi connectivity index (χ4n) is 5.14. The summed E-state index contributed by atoms with van der Waals surface area (Å²) < 4.78 is 5.26. The molecule has 36 heavy (non-hydrogen) atoms. The standard InChI is InChI=1S/C28H25N7O/c1-2-9-35(10-3-1)16-18-12-21(15-29-14-18)19-4-5-23-22(13-19)26(34-33-23)28-31-24-6-8-30-25(27(24)32-28)20-7-11-36-17-20/h4-8,11-15,17H,1-3,9-10,16H2,(H,31,32)(H,33,34). The summed E-state index contributed by atoms with van der Waals surface area (Å²) in [4.78, 5) is 19.9. The quantitative estimate of drug-likeness (QED) is 0.326. The van der Waals surface area contributed by atoms with E-state index in [9.17, 15) is 0 Å². The van der Waals surface area contributed by atoms with E-state index in [0.29, 0.717) is 5.82 Å². The Labute approximate surface area is 207 Å². The van der Waals surface area contributed by atoms with Gasteiger partial charge in [-0.2, -0.15) is 5.10 Å². The van der Waals surface area contributed by atoms with Gasteiger partial charge < -0.3 is 9.40 Å². The number of aromatic amines is 2. The number of benzene rings is 1. The normalized spacial score (nSPS) is 14.7. The number of rotatable bonds is 5. The highest BCUT2D eigenvalue weighted by atomic mass is 16.3. The highest BCUT2D eigenvalue weighted by molar-refractivity contribution is 5.97. The van der Waals surface area contributed by atoms with E-state index in [-0.39, 0.29) is 0 Å². The summed E-state index contributed by atoms with van der Waals surface area (Å²) in [7, 11) is 0. The van der Waals surface area contributed by atoms with Crippen molar-refractivity contribution in [2.24, 2.45) is 0 Å². The Hall–Kier alpha value is -4.30. The van der Waals surface area contributed by atoms with E-state index in [1.807, 2.05) is 24.5 Å². The van der Waals surface area contributed by atoms with Gasteiger partial charge in [0.2, 0.25) is 0 Å². The molecule has 1 aliphatic rings. The minimum atomic E-state index is 0.697. The van der Waals surface area contributed by atoms with Crippen LogP contribution >= 0.6 is 0 Å². The van der Waals surface area contributed by atoms with Gasteiger partial charge in [0.15, 0.2) is 5.82 Å². The Balaban J connectivity index is 1.26. The third-order valence-electron chi connectivity index (χ3n) is 6.97. The number of likely N-dealkylation sites (tertiary alicyclic amines) is 1. The van der Waals surface area contributed by atoms with Crippen molar-refractivity contribution in [2.45, 2.75) is 25.8 Å². The maximum absolute atomic E-state index is 5.26. The van der Waals surface area contributed by atoms with Crippen LogP contribution < -0.4 is 0 Å². The fraction of sp³-hybridized carbons (Fsp3) is 0.214. The van der Waals surface area contributed by atoms with Crippen LogP contribution in [0.2, 0.25) is 0 Å². The zero-order valence-electron chi connectivity index (χ0n) is 19.7. The maximum atomic E-state index is 5.26. The number of H-pyrrole nitrogens is 2. The second-order valence-electron chi connectivity index (χ2n) is 9.40. The van der Waals surface area contributed by atoms with E-state index in [2.05, 4.69) is 54.3 Å². The van der Waals surface area contributed by atoms with Crippen molar-refractivity contribution >= 4 is 21.9 Å². The third kappa shape index (κ3) is 3.76. The molecule has 0 spiro atoms. The molecule has 1 saturated heterocycles. The molecule has 1 aromatic carbocycles.